The Bertz CT molecular complexity index is 2090. The summed E-state index contributed by atoms with van der Waals surface area (Å²) in [6.07, 6.45) is 1.80. The van der Waals surface area contributed by atoms with Gasteiger partial charge in [0, 0.05) is 5.92 Å². The minimum Gasteiger partial charge on any atom is -0.423 e. The Kier molecular flexibility index (Phi) is 5.08. The van der Waals surface area contributed by atoms with E-state index in [0.717, 1.165) is 18.4 Å². The highest BCUT2D eigenvalue weighted by atomic mass is 16.4. The summed E-state index contributed by atoms with van der Waals surface area (Å²) in [4.78, 5) is 0. The van der Waals surface area contributed by atoms with Gasteiger partial charge in [0.05, 0.1) is 0 Å². The Balaban J connectivity index is 1.13. The number of hydrogen-bond acceptors (Lipinski definition) is 2. The van der Waals surface area contributed by atoms with Crippen LogP contribution in [0.5, 0.6) is 0 Å². The number of benzene rings is 6. The molecule has 6 aromatic carbocycles. The molecule has 0 fully saturated rings. The second-order valence-corrected chi connectivity index (χ2v) is 11.9. The summed E-state index contributed by atoms with van der Waals surface area (Å²) in [5, 5.41) is 19.4. The standard InChI is InChI=1S/C39H27BO2/c41-40(42)30-12-16-34-29(21-30)20-28-19-26(11-14-33(28)34)39-37-8-4-3-7-35(37)36-15-10-24(22-38(36)39)23-9-13-32-27(17-23)18-25-5-1-2-6-31(25)32/h1-17,19,21-22,39,41-42H,18,20H2. The molecule has 0 aliphatic heterocycles. The van der Waals surface area contributed by atoms with Crippen molar-refractivity contribution in [1.29, 1.82) is 0 Å². The first kappa shape index (κ1) is 24.0. The van der Waals surface area contributed by atoms with Crippen LogP contribution in [0.4, 0.5) is 0 Å². The highest BCUT2D eigenvalue weighted by Crippen LogP contribution is 2.50. The van der Waals surface area contributed by atoms with E-state index in [1.807, 2.05) is 18.2 Å². The average Bonchev–Trinajstić information content (AvgIpc) is 3.68. The Morgan fingerprint density at radius 3 is 1.86 bits per heavy atom. The molecule has 0 saturated heterocycles. The van der Waals surface area contributed by atoms with Gasteiger partial charge in [-0.15, -0.1) is 0 Å². The molecule has 0 radical (unpaired) electrons. The zero-order valence-corrected chi connectivity index (χ0v) is 23.0. The van der Waals surface area contributed by atoms with Crippen molar-refractivity contribution in [3.8, 4) is 44.5 Å². The van der Waals surface area contributed by atoms with Gasteiger partial charge < -0.3 is 10.0 Å². The van der Waals surface area contributed by atoms with Gasteiger partial charge in [-0.05, 0) is 108 Å². The fourth-order valence-corrected chi connectivity index (χ4v) is 7.66. The van der Waals surface area contributed by atoms with Crippen LogP contribution in [0.3, 0.4) is 0 Å². The van der Waals surface area contributed by atoms with Crippen molar-refractivity contribution in [3.63, 3.8) is 0 Å². The van der Waals surface area contributed by atoms with Crippen molar-refractivity contribution in [2.24, 2.45) is 0 Å². The van der Waals surface area contributed by atoms with Crippen molar-refractivity contribution < 1.29 is 10.0 Å². The molecule has 3 heteroatoms. The van der Waals surface area contributed by atoms with Crippen molar-refractivity contribution in [2.45, 2.75) is 18.8 Å². The summed E-state index contributed by atoms with van der Waals surface area (Å²) < 4.78 is 0. The lowest BCUT2D eigenvalue weighted by atomic mass is 9.79. The van der Waals surface area contributed by atoms with Crippen LogP contribution in [0.2, 0.25) is 0 Å². The topological polar surface area (TPSA) is 40.5 Å². The van der Waals surface area contributed by atoms with Gasteiger partial charge in [-0.3, -0.25) is 0 Å². The van der Waals surface area contributed by atoms with Gasteiger partial charge in [-0.2, -0.15) is 0 Å². The van der Waals surface area contributed by atoms with Crippen molar-refractivity contribution in [1.82, 2.24) is 0 Å². The first-order chi connectivity index (χ1) is 20.6. The van der Waals surface area contributed by atoms with Crippen LogP contribution in [0.1, 0.15) is 44.9 Å². The van der Waals surface area contributed by atoms with Crippen LogP contribution < -0.4 is 5.46 Å². The minimum absolute atomic E-state index is 0.165. The van der Waals surface area contributed by atoms with Gasteiger partial charge in [-0.25, -0.2) is 0 Å². The molecule has 0 saturated carbocycles. The molecule has 2 nitrogen and oxygen atoms in total. The second kappa shape index (κ2) is 8.90. The molecule has 3 aliphatic carbocycles. The van der Waals surface area contributed by atoms with Gasteiger partial charge in [-0.1, -0.05) is 115 Å². The normalized spacial score (nSPS) is 15.0. The average molecular weight is 538 g/mol. The summed E-state index contributed by atoms with van der Waals surface area (Å²) in [6.45, 7) is 0. The lowest BCUT2D eigenvalue weighted by Crippen LogP contribution is -2.29. The van der Waals surface area contributed by atoms with Crippen LogP contribution in [0.15, 0.2) is 121 Å². The van der Waals surface area contributed by atoms with Crippen molar-refractivity contribution in [3.05, 3.63) is 160 Å². The zero-order valence-electron chi connectivity index (χ0n) is 23.0. The maximum Gasteiger partial charge on any atom is 0.488 e. The molecule has 6 aromatic rings. The first-order valence-corrected chi connectivity index (χ1v) is 14.7. The van der Waals surface area contributed by atoms with Crippen LogP contribution in [-0.4, -0.2) is 17.2 Å². The zero-order chi connectivity index (χ0) is 27.9. The molecular formula is C39H27BO2. The summed E-state index contributed by atoms with van der Waals surface area (Å²) in [5.41, 5.74) is 20.2. The highest BCUT2D eigenvalue weighted by Gasteiger charge is 2.31. The quantitative estimate of drug-likeness (QED) is 0.231. The van der Waals surface area contributed by atoms with Gasteiger partial charge in [0.1, 0.15) is 0 Å². The molecule has 9 rings (SSSR count). The molecule has 0 bridgehead atoms. The third-order valence-corrected chi connectivity index (χ3v) is 9.61. The molecule has 2 N–H and O–H groups in total. The third-order valence-electron chi connectivity index (χ3n) is 9.61. The Labute approximate surface area is 245 Å². The van der Waals surface area contributed by atoms with E-state index in [2.05, 4.69) is 103 Å². The summed E-state index contributed by atoms with van der Waals surface area (Å²) in [7, 11) is -1.45. The minimum atomic E-state index is -1.45. The molecule has 42 heavy (non-hydrogen) atoms. The predicted molar refractivity (Wildman–Crippen MR) is 171 cm³/mol. The summed E-state index contributed by atoms with van der Waals surface area (Å²) in [6, 6.07) is 44.3. The summed E-state index contributed by atoms with van der Waals surface area (Å²) >= 11 is 0. The summed E-state index contributed by atoms with van der Waals surface area (Å²) in [5.74, 6) is 0.165. The Hall–Kier alpha value is -4.70. The van der Waals surface area contributed by atoms with Gasteiger partial charge in [0.2, 0.25) is 0 Å². The Morgan fingerprint density at radius 1 is 0.452 bits per heavy atom. The van der Waals surface area contributed by atoms with Crippen molar-refractivity contribution in [2.75, 3.05) is 0 Å². The van der Waals surface area contributed by atoms with E-state index in [4.69, 9.17) is 0 Å². The monoisotopic (exact) mass is 538 g/mol. The smallest absolute Gasteiger partial charge is 0.423 e. The predicted octanol–water partition coefficient (Wildman–Crippen LogP) is 7.34. The maximum absolute atomic E-state index is 9.69. The molecule has 1 atom stereocenters. The van der Waals surface area contributed by atoms with E-state index in [0.29, 0.717) is 5.46 Å². The third kappa shape index (κ3) is 3.48. The van der Waals surface area contributed by atoms with E-state index in [-0.39, 0.29) is 5.92 Å². The number of hydrogen-bond donors (Lipinski definition) is 2. The van der Waals surface area contributed by atoms with E-state index >= 15 is 0 Å². The maximum atomic E-state index is 9.69. The SMILES string of the molecule is OB(O)c1ccc2c(c1)Cc1cc(C3c4ccccc4-c4ccc(-c5ccc6c(c5)Cc5ccccc5-6)cc43)ccc1-2. The van der Waals surface area contributed by atoms with Crippen LogP contribution in [0.25, 0.3) is 44.5 Å². The molecule has 0 heterocycles. The van der Waals surface area contributed by atoms with Crippen molar-refractivity contribution >= 4 is 12.6 Å². The lowest BCUT2D eigenvalue weighted by molar-refractivity contribution is 0.425. The van der Waals surface area contributed by atoms with Crippen LogP contribution in [-0.2, 0) is 12.8 Å². The van der Waals surface area contributed by atoms with Gasteiger partial charge >= 0.3 is 7.12 Å². The highest BCUT2D eigenvalue weighted by molar-refractivity contribution is 6.58. The fraction of sp³-hybridized carbons (Fsp3) is 0.0769. The number of fused-ring (bicyclic) bond motifs is 9. The largest absolute Gasteiger partial charge is 0.488 e. The van der Waals surface area contributed by atoms with E-state index in [1.165, 1.54) is 77.9 Å². The molecule has 0 amide bonds. The van der Waals surface area contributed by atoms with Crippen LogP contribution >= 0.6 is 0 Å². The number of rotatable bonds is 3. The molecule has 0 aromatic heterocycles. The molecular weight excluding hydrogens is 511 g/mol. The second-order valence-electron chi connectivity index (χ2n) is 11.9. The fourth-order valence-electron chi connectivity index (χ4n) is 7.66. The molecule has 0 spiro atoms. The van der Waals surface area contributed by atoms with Gasteiger partial charge in [0.15, 0.2) is 0 Å². The lowest BCUT2D eigenvalue weighted by Gasteiger charge is -2.17. The molecule has 3 aliphatic rings. The molecule has 198 valence electrons. The molecule has 1 unspecified atom stereocenters. The Morgan fingerprint density at radius 2 is 1.02 bits per heavy atom. The van der Waals surface area contributed by atoms with E-state index in [1.54, 1.807) is 0 Å². The van der Waals surface area contributed by atoms with Gasteiger partial charge in [0.25, 0.3) is 0 Å². The first-order valence-electron chi connectivity index (χ1n) is 14.7. The van der Waals surface area contributed by atoms with Crippen LogP contribution in [0, 0.1) is 0 Å². The van der Waals surface area contributed by atoms with E-state index < -0.39 is 7.12 Å². The van der Waals surface area contributed by atoms with E-state index in [9.17, 15) is 10.0 Å².